The van der Waals surface area contributed by atoms with Crippen molar-refractivity contribution in [3.05, 3.63) is 34.9 Å². The molecule has 0 atom stereocenters. The lowest BCUT2D eigenvalue weighted by molar-refractivity contribution is -0.00493. The molecule has 2 N–H and O–H groups in total. The zero-order chi connectivity index (χ0) is 19.8. The quantitative estimate of drug-likeness (QED) is 0.449. The van der Waals surface area contributed by atoms with Gasteiger partial charge in [0, 0.05) is 16.6 Å². The zero-order valence-corrected chi connectivity index (χ0v) is 21.2. The minimum Gasteiger partial charge on any atom is -0.330 e. The molecule has 0 amide bonds. The Hall–Kier alpha value is 0.01000. The van der Waals surface area contributed by atoms with E-state index in [0.717, 1.165) is 23.5 Å². The van der Waals surface area contributed by atoms with Gasteiger partial charge in [-0.15, -0.1) is 24.8 Å². The van der Waals surface area contributed by atoms with E-state index in [1.54, 1.807) is 0 Å². The van der Waals surface area contributed by atoms with Crippen molar-refractivity contribution in [1.29, 1.82) is 0 Å². The number of hydrogen-bond donors (Lipinski definition) is 1. The minimum atomic E-state index is 0. The highest BCUT2D eigenvalue weighted by Crippen LogP contribution is 2.48. The Balaban J connectivity index is 0.000000385. The summed E-state index contributed by atoms with van der Waals surface area (Å²) >= 11 is 6.06. The molecule has 2 nitrogen and oxygen atoms in total. The normalized spacial score (nSPS) is 21.9. The number of benzene rings is 1. The first-order valence-corrected chi connectivity index (χ1v) is 12.2. The van der Waals surface area contributed by atoms with Crippen LogP contribution in [0.5, 0.6) is 0 Å². The van der Waals surface area contributed by atoms with Gasteiger partial charge in [0.2, 0.25) is 0 Å². The SMILES string of the molecule is CN(C1CCCCCC1)C1(c2ccc(Cl)cc2)CCC1.Cl.Cl.NCC1CCCCC1. The van der Waals surface area contributed by atoms with E-state index in [-0.39, 0.29) is 24.8 Å². The molecule has 0 radical (unpaired) electrons. The molecule has 174 valence electrons. The summed E-state index contributed by atoms with van der Waals surface area (Å²) in [4.78, 5) is 2.71. The molecule has 30 heavy (non-hydrogen) atoms. The Morgan fingerprint density at radius 1 is 0.833 bits per heavy atom. The Bertz CT molecular complexity index is 560. The number of rotatable bonds is 4. The van der Waals surface area contributed by atoms with Crippen LogP contribution in [0.4, 0.5) is 0 Å². The lowest BCUT2D eigenvalue weighted by Crippen LogP contribution is -2.53. The maximum absolute atomic E-state index is 6.06. The molecule has 0 aliphatic heterocycles. The van der Waals surface area contributed by atoms with Crippen molar-refractivity contribution < 1.29 is 0 Å². The van der Waals surface area contributed by atoms with Crippen LogP contribution in [-0.4, -0.2) is 24.5 Å². The van der Waals surface area contributed by atoms with E-state index in [0.29, 0.717) is 5.54 Å². The molecule has 5 heteroatoms. The zero-order valence-electron chi connectivity index (χ0n) is 18.8. The summed E-state index contributed by atoms with van der Waals surface area (Å²) in [6, 6.07) is 9.37. The topological polar surface area (TPSA) is 29.3 Å². The molecule has 1 aromatic carbocycles. The molecule has 1 aromatic rings. The van der Waals surface area contributed by atoms with E-state index in [4.69, 9.17) is 17.3 Å². The van der Waals surface area contributed by atoms with E-state index in [1.807, 2.05) is 0 Å². The van der Waals surface area contributed by atoms with Crippen LogP contribution in [0.25, 0.3) is 0 Å². The van der Waals surface area contributed by atoms with E-state index < -0.39 is 0 Å². The molecule has 0 spiro atoms. The number of hydrogen-bond acceptors (Lipinski definition) is 2. The first-order chi connectivity index (χ1) is 13.7. The molecule has 0 saturated heterocycles. The maximum Gasteiger partial charge on any atom is 0.0460 e. The van der Waals surface area contributed by atoms with Gasteiger partial charge >= 0.3 is 0 Å². The standard InChI is InChI=1S/C18H26ClN.C7H15N.2ClH/c1-20(17-7-4-2-3-5-8-17)18(13-6-14-18)15-9-11-16(19)12-10-15;8-6-7-4-2-1-3-5-7;;/h9-12,17H,2-8,13-14H2,1H3;7H,1-6,8H2;2*1H. The third-order valence-corrected chi connectivity index (χ3v) is 7.92. The fraction of sp³-hybridized carbons (Fsp3) is 0.760. The summed E-state index contributed by atoms with van der Waals surface area (Å²) in [6.07, 6.45) is 19.5. The summed E-state index contributed by atoms with van der Waals surface area (Å²) < 4.78 is 0. The van der Waals surface area contributed by atoms with Crippen LogP contribution in [-0.2, 0) is 5.54 Å². The van der Waals surface area contributed by atoms with Crippen molar-refractivity contribution in [2.75, 3.05) is 13.6 Å². The van der Waals surface area contributed by atoms with E-state index in [1.165, 1.54) is 95.5 Å². The van der Waals surface area contributed by atoms with Gasteiger partial charge in [-0.05, 0) is 82.2 Å². The van der Waals surface area contributed by atoms with Gasteiger partial charge in [-0.3, -0.25) is 4.90 Å². The summed E-state index contributed by atoms with van der Waals surface area (Å²) in [7, 11) is 2.36. The van der Waals surface area contributed by atoms with E-state index >= 15 is 0 Å². The second kappa shape index (κ2) is 14.2. The fourth-order valence-corrected chi connectivity index (χ4v) is 5.66. The van der Waals surface area contributed by atoms with E-state index in [2.05, 4.69) is 36.2 Å². The van der Waals surface area contributed by atoms with Gasteiger partial charge in [0.15, 0.2) is 0 Å². The van der Waals surface area contributed by atoms with Gasteiger partial charge in [0.05, 0.1) is 0 Å². The summed E-state index contributed by atoms with van der Waals surface area (Å²) in [6.45, 7) is 0.917. The summed E-state index contributed by atoms with van der Waals surface area (Å²) in [5.41, 5.74) is 7.27. The van der Waals surface area contributed by atoms with Crippen LogP contribution in [0.15, 0.2) is 24.3 Å². The lowest BCUT2D eigenvalue weighted by atomic mass is 9.70. The fourth-order valence-electron chi connectivity index (χ4n) is 5.53. The predicted molar refractivity (Wildman–Crippen MR) is 136 cm³/mol. The molecule has 3 fully saturated rings. The van der Waals surface area contributed by atoms with E-state index in [9.17, 15) is 0 Å². The molecule has 0 aromatic heterocycles. The Morgan fingerprint density at radius 3 is 1.77 bits per heavy atom. The first kappa shape index (κ1) is 28.0. The monoisotopic (exact) mass is 476 g/mol. The molecule has 3 aliphatic rings. The van der Waals surface area contributed by atoms with Crippen molar-refractivity contribution in [2.24, 2.45) is 11.7 Å². The van der Waals surface area contributed by atoms with Crippen LogP contribution in [0.1, 0.15) is 95.5 Å². The summed E-state index contributed by atoms with van der Waals surface area (Å²) in [5, 5.41) is 0.848. The van der Waals surface area contributed by atoms with Gasteiger partial charge in [0.25, 0.3) is 0 Å². The van der Waals surface area contributed by atoms with Crippen molar-refractivity contribution in [1.82, 2.24) is 4.90 Å². The first-order valence-electron chi connectivity index (χ1n) is 11.8. The molecule has 0 bridgehead atoms. The Labute approximate surface area is 202 Å². The molecule has 3 aliphatic carbocycles. The van der Waals surface area contributed by atoms with Crippen LogP contribution in [0, 0.1) is 5.92 Å². The molecular formula is C25H43Cl3N2. The number of nitrogens with zero attached hydrogens (tertiary/aromatic N) is 1. The average molecular weight is 478 g/mol. The van der Waals surface area contributed by atoms with Crippen LogP contribution in [0.2, 0.25) is 5.02 Å². The second-order valence-electron chi connectivity index (χ2n) is 9.39. The van der Waals surface area contributed by atoms with Gasteiger partial charge < -0.3 is 5.73 Å². The average Bonchev–Trinajstić information content (AvgIpc) is 2.99. The van der Waals surface area contributed by atoms with Gasteiger partial charge in [-0.2, -0.15) is 0 Å². The van der Waals surface area contributed by atoms with Crippen molar-refractivity contribution >= 4 is 36.4 Å². The predicted octanol–water partition coefficient (Wildman–Crippen LogP) is 7.74. The molecule has 4 rings (SSSR count). The van der Waals surface area contributed by atoms with Crippen LogP contribution >= 0.6 is 36.4 Å². The van der Waals surface area contributed by atoms with Gasteiger partial charge in [-0.1, -0.05) is 68.7 Å². The largest absolute Gasteiger partial charge is 0.330 e. The van der Waals surface area contributed by atoms with Crippen LogP contribution < -0.4 is 5.73 Å². The Kier molecular flexibility index (Phi) is 13.3. The highest BCUT2D eigenvalue weighted by Gasteiger charge is 2.44. The minimum absolute atomic E-state index is 0. The third kappa shape index (κ3) is 7.27. The number of halogens is 3. The highest BCUT2D eigenvalue weighted by molar-refractivity contribution is 6.30. The summed E-state index contributed by atoms with van der Waals surface area (Å²) in [5.74, 6) is 0.865. The highest BCUT2D eigenvalue weighted by atomic mass is 35.5. The second-order valence-corrected chi connectivity index (χ2v) is 9.82. The third-order valence-electron chi connectivity index (χ3n) is 7.67. The van der Waals surface area contributed by atoms with Crippen molar-refractivity contribution in [3.63, 3.8) is 0 Å². The van der Waals surface area contributed by atoms with Crippen molar-refractivity contribution in [3.8, 4) is 0 Å². The molecule has 3 saturated carbocycles. The molecule has 0 heterocycles. The molecular weight excluding hydrogens is 435 g/mol. The lowest BCUT2D eigenvalue weighted by Gasteiger charge is -2.52. The number of nitrogens with two attached hydrogens (primary N) is 1. The van der Waals surface area contributed by atoms with Gasteiger partial charge in [-0.25, -0.2) is 0 Å². The Morgan fingerprint density at radius 2 is 1.33 bits per heavy atom. The maximum atomic E-state index is 6.06. The van der Waals surface area contributed by atoms with Crippen molar-refractivity contribution in [2.45, 2.75) is 101 Å². The van der Waals surface area contributed by atoms with Crippen LogP contribution in [0.3, 0.4) is 0 Å². The molecule has 0 unspecified atom stereocenters. The van der Waals surface area contributed by atoms with Gasteiger partial charge in [0.1, 0.15) is 0 Å². The smallest absolute Gasteiger partial charge is 0.0460 e.